The summed E-state index contributed by atoms with van der Waals surface area (Å²) in [6.45, 7) is 0. The minimum absolute atomic E-state index is 0.670. The maximum Gasteiger partial charge on any atom is 0.292 e. The van der Waals surface area contributed by atoms with E-state index in [1.807, 2.05) is 18.2 Å². The molecule has 0 fully saturated rings. The van der Waals surface area contributed by atoms with E-state index < -0.39 is 0 Å². The third kappa shape index (κ3) is 1.61. The van der Waals surface area contributed by atoms with Gasteiger partial charge in [-0.3, -0.25) is 0 Å². The zero-order valence-corrected chi connectivity index (χ0v) is 5.00. The highest BCUT2D eigenvalue weighted by Gasteiger charge is 1.95. The van der Waals surface area contributed by atoms with Crippen LogP contribution in [0, 0.1) is 11.5 Å². The minimum atomic E-state index is 0.670. The van der Waals surface area contributed by atoms with Gasteiger partial charge in [-0.25, -0.2) is 0 Å². The minimum Gasteiger partial charge on any atom is -0.388 e. The molecule has 0 aromatic heterocycles. The Labute approximate surface area is 54.0 Å². The first-order valence-corrected chi connectivity index (χ1v) is 2.86. The number of nitrogens with zero attached hydrogens (tertiary/aromatic N) is 1. The van der Waals surface area contributed by atoms with E-state index >= 15 is 0 Å². The number of rotatable bonds is 1. The molecule has 0 saturated carbocycles. The molecule has 0 radical (unpaired) electrons. The predicted octanol–water partition coefficient (Wildman–Crippen LogP) is 1.72. The van der Waals surface area contributed by atoms with Crippen LogP contribution in [-0.2, 0) is 4.74 Å². The fourth-order valence-corrected chi connectivity index (χ4v) is 0.718. The van der Waals surface area contributed by atoms with Gasteiger partial charge >= 0.3 is 0 Å². The maximum atomic E-state index is 8.07. The zero-order chi connectivity index (χ0) is 6.53. The summed E-state index contributed by atoms with van der Waals surface area (Å²) in [5.41, 5.74) is 0. The van der Waals surface area contributed by atoms with Crippen molar-refractivity contribution < 1.29 is 4.74 Å². The highest BCUT2D eigenvalue weighted by Crippen LogP contribution is 2.09. The van der Waals surface area contributed by atoms with E-state index in [-0.39, 0.29) is 0 Å². The monoisotopic (exact) mass is 121 g/mol. The van der Waals surface area contributed by atoms with Gasteiger partial charge in [-0.2, -0.15) is 0 Å². The normalized spacial score (nSPS) is 16.1. The van der Waals surface area contributed by atoms with E-state index in [0.29, 0.717) is 5.76 Å². The van der Waals surface area contributed by atoms with Crippen LogP contribution in [0.25, 0.3) is 0 Å². The Kier molecular flexibility index (Phi) is 1.92. The van der Waals surface area contributed by atoms with Crippen molar-refractivity contribution >= 4 is 0 Å². The molecular formula is C7H7NO. The van der Waals surface area contributed by atoms with Crippen molar-refractivity contribution in [1.29, 1.82) is 5.26 Å². The summed E-state index contributed by atoms with van der Waals surface area (Å²) in [5.74, 6) is 0.670. The standard InChI is InChI=1S/C7H7NO/c8-6-9-7-4-2-1-3-5-7/h2,4-5H,1,3H2. The van der Waals surface area contributed by atoms with Gasteiger partial charge in [0.2, 0.25) is 0 Å². The lowest BCUT2D eigenvalue weighted by Gasteiger charge is -1.99. The van der Waals surface area contributed by atoms with E-state index in [4.69, 9.17) is 5.26 Å². The Bertz CT molecular complexity index is 186. The first kappa shape index (κ1) is 5.90. The SMILES string of the molecule is N#COC1=CCCC=C1. The van der Waals surface area contributed by atoms with Crippen LogP contribution in [0.15, 0.2) is 24.0 Å². The lowest BCUT2D eigenvalue weighted by atomic mass is 10.2. The Morgan fingerprint density at radius 2 is 2.44 bits per heavy atom. The Morgan fingerprint density at radius 1 is 1.56 bits per heavy atom. The summed E-state index contributed by atoms with van der Waals surface area (Å²) >= 11 is 0. The summed E-state index contributed by atoms with van der Waals surface area (Å²) in [4.78, 5) is 0. The van der Waals surface area contributed by atoms with Crippen LogP contribution in [0.2, 0.25) is 0 Å². The third-order valence-electron chi connectivity index (χ3n) is 1.12. The molecule has 46 valence electrons. The van der Waals surface area contributed by atoms with Crippen LogP contribution < -0.4 is 0 Å². The van der Waals surface area contributed by atoms with E-state index in [1.165, 1.54) is 0 Å². The molecule has 2 nitrogen and oxygen atoms in total. The molecule has 0 unspecified atom stereocenters. The molecule has 0 heterocycles. The Balaban J connectivity index is 2.50. The van der Waals surface area contributed by atoms with Crippen LogP contribution >= 0.6 is 0 Å². The summed E-state index contributed by atoms with van der Waals surface area (Å²) in [5, 5.41) is 8.07. The van der Waals surface area contributed by atoms with E-state index in [0.717, 1.165) is 12.8 Å². The molecule has 0 aromatic rings. The van der Waals surface area contributed by atoms with E-state index in [1.54, 1.807) is 6.26 Å². The number of hydrogen-bond donors (Lipinski definition) is 0. The van der Waals surface area contributed by atoms with Crippen molar-refractivity contribution in [1.82, 2.24) is 0 Å². The highest BCUT2D eigenvalue weighted by molar-refractivity contribution is 5.16. The van der Waals surface area contributed by atoms with Gasteiger partial charge in [-0.1, -0.05) is 6.08 Å². The topological polar surface area (TPSA) is 33.0 Å². The largest absolute Gasteiger partial charge is 0.388 e. The molecule has 9 heavy (non-hydrogen) atoms. The first-order valence-electron chi connectivity index (χ1n) is 2.86. The third-order valence-corrected chi connectivity index (χ3v) is 1.12. The van der Waals surface area contributed by atoms with Gasteiger partial charge < -0.3 is 4.74 Å². The van der Waals surface area contributed by atoms with Crippen molar-refractivity contribution in [2.24, 2.45) is 0 Å². The molecule has 0 aliphatic heterocycles. The first-order chi connectivity index (χ1) is 4.43. The molecule has 0 amide bonds. The van der Waals surface area contributed by atoms with Gasteiger partial charge in [-0.05, 0) is 25.0 Å². The number of nitriles is 1. The fourth-order valence-electron chi connectivity index (χ4n) is 0.718. The smallest absolute Gasteiger partial charge is 0.292 e. The summed E-state index contributed by atoms with van der Waals surface area (Å²) in [6.07, 6.45) is 9.36. The average Bonchev–Trinajstić information content (AvgIpc) is 1.91. The lowest BCUT2D eigenvalue weighted by Crippen LogP contribution is -1.85. The molecule has 1 aliphatic carbocycles. The summed E-state index contributed by atoms with van der Waals surface area (Å²) in [7, 11) is 0. The highest BCUT2D eigenvalue weighted by atomic mass is 16.5. The molecule has 2 heteroatoms. The van der Waals surface area contributed by atoms with Gasteiger partial charge in [-0.15, -0.1) is 5.26 Å². The van der Waals surface area contributed by atoms with Gasteiger partial charge in [0.1, 0.15) is 5.76 Å². The molecule has 0 bridgehead atoms. The van der Waals surface area contributed by atoms with E-state index in [9.17, 15) is 0 Å². The second kappa shape index (κ2) is 2.93. The Hall–Kier alpha value is -1.23. The molecule has 0 atom stereocenters. The number of hydrogen-bond acceptors (Lipinski definition) is 2. The van der Waals surface area contributed by atoms with Crippen molar-refractivity contribution in [3.63, 3.8) is 0 Å². The predicted molar refractivity (Wildman–Crippen MR) is 33.2 cm³/mol. The van der Waals surface area contributed by atoms with Crippen LogP contribution in [0.1, 0.15) is 12.8 Å². The Morgan fingerprint density at radius 3 is 3.00 bits per heavy atom. The van der Waals surface area contributed by atoms with Crippen LogP contribution in [0.4, 0.5) is 0 Å². The average molecular weight is 121 g/mol. The van der Waals surface area contributed by atoms with Crippen molar-refractivity contribution in [3.8, 4) is 6.26 Å². The molecule has 0 N–H and O–H groups in total. The molecule has 1 aliphatic rings. The zero-order valence-electron chi connectivity index (χ0n) is 5.00. The van der Waals surface area contributed by atoms with Gasteiger partial charge in [0.25, 0.3) is 6.26 Å². The van der Waals surface area contributed by atoms with Gasteiger partial charge in [0, 0.05) is 0 Å². The number of ether oxygens (including phenoxy) is 1. The lowest BCUT2D eigenvalue weighted by molar-refractivity contribution is 0.388. The van der Waals surface area contributed by atoms with Gasteiger partial charge in [0.15, 0.2) is 0 Å². The second-order valence-corrected chi connectivity index (χ2v) is 1.78. The summed E-state index contributed by atoms with van der Waals surface area (Å²) in [6, 6.07) is 0. The molecule has 0 spiro atoms. The maximum absolute atomic E-state index is 8.07. The molecule has 0 aromatic carbocycles. The van der Waals surface area contributed by atoms with Crippen molar-refractivity contribution in [3.05, 3.63) is 24.0 Å². The summed E-state index contributed by atoms with van der Waals surface area (Å²) < 4.78 is 4.56. The van der Waals surface area contributed by atoms with Crippen molar-refractivity contribution in [2.45, 2.75) is 12.8 Å². The van der Waals surface area contributed by atoms with Gasteiger partial charge in [0.05, 0.1) is 0 Å². The van der Waals surface area contributed by atoms with Crippen molar-refractivity contribution in [2.75, 3.05) is 0 Å². The van der Waals surface area contributed by atoms with Crippen LogP contribution in [0.3, 0.4) is 0 Å². The molecule has 1 rings (SSSR count). The molecular weight excluding hydrogens is 114 g/mol. The quantitative estimate of drug-likeness (QED) is 0.495. The molecule has 0 saturated heterocycles. The fraction of sp³-hybridized carbons (Fsp3) is 0.286. The number of allylic oxidation sites excluding steroid dienone is 3. The second-order valence-electron chi connectivity index (χ2n) is 1.78. The van der Waals surface area contributed by atoms with Crippen LogP contribution in [-0.4, -0.2) is 0 Å². The van der Waals surface area contributed by atoms with E-state index in [2.05, 4.69) is 4.74 Å². The van der Waals surface area contributed by atoms with Crippen LogP contribution in [0.5, 0.6) is 0 Å².